The molecule has 0 spiro atoms. The highest BCUT2D eigenvalue weighted by atomic mass is 16.5. The number of para-hydroxylation sites is 1. The maximum absolute atomic E-state index is 6.12. The van der Waals surface area contributed by atoms with Crippen LogP contribution in [-0.2, 0) is 0 Å². The molecule has 1 N–H and O–H groups in total. The Balaban J connectivity index is 0.00000217. The van der Waals surface area contributed by atoms with Crippen molar-refractivity contribution >= 4 is 16.6 Å². The number of pyridine rings is 2. The highest BCUT2D eigenvalue weighted by Crippen LogP contribution is 2.34. The number of ether oxygens (including phenoxy) is 1. The average Bonchev–Trinajstić information content (AvgIpc) is 3.23. The second-order valence-corrected chi connectivity index (χ2v) is 9.86. The van der Waals surface area contributed by atoms with E-state index in [9.17, 15) is 0 Å². The Morgan fingerprint density at radius 2 is 2.03 bits per heavy atom. The first-order valence-corrected chi connectivity index (χ1v) is 12.1. The summed E-state index contributed by atoms with van der Waals surface area (Å²) >= 11 is 0. The molecule has 7 heteroatoms. The molecule has 1 saturated carbocycles. The zero-order valence-corrected chi connectivity index (χ0v) is 18.8. The van der Waals surface area contributed by atoms with Crippen LogP contribution in [0.5, 0.6) is 5.75 Å². The third kappa shape index (κ3) is 3.63. The highest BCUT2D eigenvalue weighted by Gasteiger charge is 2.40. The quantitative estimate of drug-likeness (QED) is 0.462. The maximum atomic E-state index is 6.12. The fourth-order valence-corrected chi connectivity index (χ4v) is 5.44. The van der Waals surface area contributed by atoms with Gasteiger partial charge in [-0.2, -0.15) is 0 Å². The third-order valence-electron chi connectivity index (χ3n) is 7.59. The fraction of sp³-hybridized carbons (Fsp3) is 0.444. The van der Waals surface area contributed by atoms with Gasteiger partial charge in [-0.25, -0.2) is 4.98 Å². The standard InChI is InChI=1S/C26H28N6O.CH4/c1-16(31-14-20-11-21(31)12-27-20)19-8-10-24-29-30-26(32(24)13-19)22-9-7-18-3-2-4-23(25(18)28-22)33-15-17-5-6-17;/h2-4,7-10,13,16-17,20-21,27H,5-6,11-12,14-15H2,1H3;1H4/t16-,20-,21-;/m0./s1. The zero-order chi connectivity index (χ0) is 21.9. The molecule has 7 nitrogen and oxygen atoms in total. The summed E-state index contributed by atoms with van der Waals surface area (Å²) in [5, 5.41) is 13.6. The van der Waals surface area contributed by atoms with Gasteiger partial charge in [0, 0.05) is 42.8 Å². The number of piperazine rings is 1. The zero-order valence-electron chi connectivity index (χ0n) is 18.8. The largest absolute Gasteiger partial charge is 0.491 e. The summed E-state index contributed by atoms with van der Waals surface area (Å²) in [6.07, 6.45) is 5.99. The van der Waals surface area contributed by atoms with E-state index in [-0.39, 0.29) is 7.43 Å². The third-order valence-corrected chi connectivity index (χ3v) is 7.59. The van der Waals surface area contributed by atoms with Crippen LogP contribution in [0.1, 0.15) is 45.2 Å². The molecule has 3 aliphatic rings. The van der Waals surface area contributed by atoms with Gasteiger partial charge in [0.25, 0.3) is 0 Å². The number of hydrogen-bond acceptors (Lipinski definition) is 6. The lowest BCUT2D eigenvalue weighted by Gasteiger charge is -2.33. The van der Waals surface area contributed by atoms with Crippen molar-refractivity contribution in [3.8, 4) is 17.3 Å². The average molecular weight is 457 g/mol. The Hall–Kier alpha value is -3.03. The number of hydrogen-bond donors (Lipinski definition) is 1. The number of rotatable bonds is 6. The Kier molecular flexibility index (Phi) is 5.26. The van der Waals surface area contributed by atoms with Crippen LogP contribution >= 0.6 is 0 Å². The lowest BCUT2D eigenvalue weighted by atomic mass is 10.1. The van der Waals surface area contributed by atoms with E-state index in [4.69, 9.17) is 9.72 Å². The second kappa shape index (κ2) is 8.32. The summed E-state index contributed by atoms with van der Waals surface area (Å²) in [7, 11) is 0. The van der Waals surface area contributed by atoms with Gasteiger partial charge in [0.15, 0.2) is 11.5 Å². The number of aromatic nitrogens is 4. The highest BCUT2D eigenvalue weighted by molar-refractivity contribution is 5.86. The molecule has 0 unspecified atom stereocenters. The first-order chi connectivity index (χ1) is 16.2. The predicted octanol–water partition coefficient (Wildman–Crippen LogP) is 4.48. The van der Waals surface area contributed by atoms with Crippen molar-refractivity contribution in [2.45, 2.75) is 51.7 Å². The van der Waals surface area contributed by atoms with Crippen LogP contribution < -0.4 is 10.1 Å². The van der Waals surface area contributed by atoms with Gasteiger partial charge < -0.3 is 10.1 Å². The van der Waals surface area contributed by atoms with Gasteiger partial charge in [-0.05, 0) is 55.9 Å². The summed E-state index contributed by atoms with van der Waals surface area (Å²) in [4.78, 5) is 7.61. The molecule has 3 atom stereocenters. The van der Waals surface area contributed by atoms with E-state index in [2.05, 4.69) is 62.2 Å². The molecule has 3 fully saturated rings. The van der Waals surface area contributed by atoms with Crippen LogP contribution in [-0.4, -0.2) is 56.3 Å². The second-order valence-electron chi connectivity index (χ2n) is 9.86. The first kappa shape index (κ1) is 21.5. The topological polar surface area (TPSA) is 67.6 Å². The molecule has 1 aromatic carbocycles. The van der Waals surface area contributed by atoms with Crippen LogP contribution in [0.3, 0.4) is 0 Å². The van der Waals surface area contributed by atoms with Crippen LogP contribution in [0.2, 0.25) is 0 Å². The van der Waals surface area contributed by atoms with E-state index < -0.39 is 0 Å². The fourth-order valence-electron chi connectivity index (χ4n) is 5.44. The molecule has 4 aromatic rings. The van der Waals surface area contributed by atoms with Crippen molar-refractivity contribution in [1.82, 2.24) is 29.8 Å². The molecule has 2 aliphatic heterocycles. The summed E-state index contributed by atoms with van der Waals surface area (Å²) in [6.45, 7) is 5.30. The van der Waals surface area contributed by atoms with Gasteiger partial charge in [0.2, 0.25) is 0 Å². The summed E-state index contributed by atoms with van der Waals surface area (Å²) in [5.41, 5.74) is 3.82. The van der Waals surface area contributed by atoms with E-state index in [0.717, 1.165) is 53.5 Å². The van der Waals surface area contributed by atoms with Crippen LogP contribution in [0.4, 0.5) is 0 Å². The van der Waals surface area contributed by atoms with Crippen molar-refractivity contribution in [2.24, 2.45) is 5.92 Å². The van der Waals surface area contributed by atoms with Gasteiger partial charge in [0.1, 0.15) is 17.0 Å². The van der Waals surface area contributed by atoms with Gasteiger partial charge in [0.05, 0.1) is 6.61 Å². The molecule has 0 amide bonds. The molecule has 7 rings (SSSR count). The van der Waals surface area contributed by atoms with Crippen molar-refractivity contribution in [3.63, 3.8) is 0 Å². The normalized spacial score (nSPS) is 22.9. The molecule has 2 bridgehead atoms. The predicted molar refractivity (Wildman–Crippen MR) is 134 cm³/mol. The molecule has 3 aromatic heterocycles. The first-order valence-electron chi connectivity index (χ1n) is 12.1. The smallest absolute Gasteiger partial charge is 0.187 e. The lowest BCUT2D eigenvalue weighted by Crippen LogP contribution is -2.44. The molecule has 1 aliphatic carbocycles. The van der Waals surface area contributed by atoms with Gasteiger partial charge in [-0.1, -0.05) is 31.7 Å². The molecule has 2 saturated heterocycles. The Labute approximate surface area is 200 Å². The van der Waals surface area contributed by atoms with E-state index in [1.54, 1.807) is 0 Å². The molecule has 0 radical (unpaired) electrons. The molecule has 176 valence electrons. The summed E-state index contributed by atoms with van der Waals surface area (Å²) in [6, 6.07) is 16.2. The Morgan fingerprint density at radius 3 is 2.82 bits per heavy atom. The Morgan fingerprint density at radius 1 is 1.12 bits per heavy atom. The van der Waals surface area contributed by atoms with Gasteiger partial charge >= 0.3 is 0 Å². The van der Waals surface area contributed by atoms with E-state index >= 15 is 0 Å². The lowest BCUT2D eigenvalue weighted by molar-refractivity contribution is 0.170. The van der Waals surface area contributed by atoms with Gasteiger partial charge in [-0.15, -0.1) is 10.2 Å². The number of nitrogens with one attached hydrogen (secondary N) is 1. The van der Waals surface area contributed by atoms with E-state index in [0.29, 0.717) is 24.0 Å². The minimum Gasteiger partial charge on any atom is -0.491 e. The minimum absolute atomic E-state index is 0. The Bertz CT molecular complexity index is 1350. The SMILES string of the molecule is C.C[C@@H](c1ccc2nnc(-c3ccc4cccc(OCC5CC5)c4n3)n2c1)N1C[C@@H]2C[C@H]1CN2. The van der Waals surface area contributed by atoms with E-state index in [1.165, 1.54) is 24.8 Å². The van der Waals surface area contributed by atoms with E-state index in [1.807, 2.05) is 18.2 Å². The monoisotopic (exact) mass is 456 g/mol. The van der Waals surface area contributed by atoms with Crippen molar-refractivity contribution in [3.05, 3.63) is 54.2 Å². The minimum atomic E-state index is 0. The maximum Gasteiger partial charge on any atom is 0.187 e. The number of fused-ring (bicyclic) bond motifs is 4. The summed E-state index contributed by atoms with van der Waals surface area (Å²) in [5.74, 6) is 2.32. The summed E-state index contributed by atoms with van der Waals surface area (Å²) < 4.78 is 8.20. The van der Waals surface area contributed by atoms with Gasteiger partial charge in [-0.3, -0.25) is 9.30 Å². The molecular weight excluding hydrogens is 424 g/mol. The number of benzene rings is 1. The van der Waals surface area contributed by atoms with Crippen LogP contribution in [0.15, 0.2) is 48.7 Å². The number of likely N-dealkylation sites (tertiary alicyclic amines) is 1. The van der Waals surface area contributed by atoms with Crippen molar-refractivity contribution in [1.29, 1.82) is 0 Å². The molecular formula is C27H32N6O. The number of nitrogens with zero attached hydrogens (tertiary/aromatic N) is 5. The van der Waals surface area contributed by atoms with Crippen LogP contribution in [0.25, 0.3) is 28.1 Å². The van der Waals surface area contributed by atoms with Crippen LogP contribution in [0, 0.1) is 5.92 Å². The molecule has 5 heterocycles. The van der Waals surface area contributed by atoms with Crippen molar-refractivity contribution in [2.75, 3.05) is 19.7 Å². The molecule has 34 heavy (non-hydrogen) atoms. The van der Waals surface area contributed by atoms with Crippen molar-refractivity contribution < 1.29 is 4.74 Å².